The van der Waals surface area contributed by atoms with Crippen molar-refractivity contribution >= 4 is 10.0 Å². The molecule has 2 aromatic carbocycles. The van der Waals surface area contributed by atoms with E-state index in [0.29, 0.717) is 0 Å². The van der Waals surface area contributed by atoms with Gasteiger partial charge in [-0.1, -0.05) is 18.2 Å². The molecule has 0 aromatic heterocycles. The van der Waals surface area contributed by atoms with Gasteiger partial charge in [-0.05, 0) is 6.07 Å². The van der Waals surface area contributed by atoms with Crippen LogP contribution in [0, 0.1) is 11.6 Å². The van der Waals surface area contributed by atoms with Gasteiger partial charge in [0.2, 0.25) is 10.0 Å². The fourth-order valence-corrected chi connectivity index (χ4v) is 3.01. The summed E-state index contributed by atoms with van der Waals surface area (Å²) >= 11 is 0. The molecule has 0 aliphatic rings. The summed E-state index contributed by atoms with van der Waals surface area (Å²) < 4.78 is 64.0. The molecule has 0 atom stereocenters. The summed E-state index contributed by atoms with van der Waals surface area (Å²) in [5.41, 5.74) is 0.150. The highest BCUT2D eigenvalue weighted by Gasteiger charge is 2.22. The highest BCUT2D eigenvalue weighted by Crippen LogP contribution is 2.31. The van der Waals surface area contributed by atoms with Crippen molar-refractivity contribution in [2.45, 2.75) is 11.4 Å². The van der Waals surface area contributed by atoms with Crippen molar-refractivity contribution in [2.75, 3.05) is 14.2 Å². The van der Waals surface area contributed by atoms with E-state index in [0.717, 1.165) is 12.1 Å². The second-order valence-electron chi connectivity index (χ2n) is 4.55. The number of hydrogen-bond donors (Lipinski definition) is 1. The van der Waals surface area contributed by atoms with E-state index in [4.69, 9.17) is 9.47 Å². The lowest BCUT2D eigenvalue weighted by atomic mass is 10.2. The molecule has 0 saturated heterocycles. The van der Waals surface area contributed by atoms with Gasteiger partial charge in [-0.25, -0.2) is 21.9 Å². The smallest absolute Gasteiger partial charge is 0.243 e. The average molecular weight is 343 g/mol. The number of benzene rings is 2. The summed E-state index contributed by atoms with van der Waals surface area (Å²) in [6.07, 6.45) is 0. The Morgan fingerprint density at radius 3 is 2.22 bits per heavy atom. The molecule has 0 amide bonds. The molecule has 0 unspecified atom stereocenters. The molecular formula is C15H15F2NO4S. The van der Waals surface area contributed by atoms with Crippen LogP contribution in [0.4, 0.5) is 8.78 Å². The maximum absolute atomic E-state index is 14.0. The maximum atomic E-state index is 14.0. The van der Waals surface area contributed by atoms with Crippen molar-refractivity contribution in [3.05, 3.63) is 53.6 Å². The third-order valence-corrected chi connectivity index (χ3v) is 4.55. The Labute approximate surface area is 132 Å². The minimum absolute atomic E-state index is 0.0676. The van der Waals surface area contributed by atoms with Crippen LogP contribution in [-0.2, 0) is 16.6 Å². The van der Waals surface area contributed by atoms with Crippen LogP contribution >= 0.6 is 0 Å². The van der Waals surface area contributed by atoms with Crippen molar-refractivity contribution in [1.82, 2.24) is 4.72 Å². The van der Waals surface area contributed by atoms with E-state index in [1.807, 2.05) is 0 Å². The molecule has 8 heteroatoms. The first-order valence-electron chi connectivity index (χ1n) is 6.53. The number of hydrogen-bond acceptors (Lipinski definition) is 4. The van der Waals surface area contributed by atoms with E-state index in [2.05, 4.69) is 4.72 Å². The molecule has 0 fully saturated rings. The van der Waals surface area contributed by atoms with E-state index < -0.39 is 26.6 Å². The van der Waals surface area contributed by atoms with Crippen LogP contribution in [0.3, 0.4) is 0 Å². The second-order valence-corrected chi connectivity index (χ2v) is 6.29. The molecule has 23 heavy (non-hydrogen) atoms. The van der Waals surface area contributed by atoms with Gasteiger partial charge in [-0.2, -0.15) is 0 Å². The van der Waals surface area contributed by atoms with Gasteiger partial charge in [0.05, 0.1) is 14.2 Å². The van der Waals surface area contributed by atoms with Crippen LogP contribution in [0.1, 0.15) is 5.56 Å². The zero-order chi connectivity index (χ0) is 17.0. The fourth-order valence-electron chi connectivity index (χ4n) is 1.93. The summed E-state index contributed by atoms with van der Waals surface area (Å²) in [5.74, 6) is -1.41. The van der Waals surface area contributed by atoms with Crippen LogP contribution < -0.4 is 14.2 Å². The average Bonchev–Trinajstić information content (AvgIpc) is 2.53. The number of nitrogens with one attached hydrogen (secondary N) is 1. The quantitative estimate of drug-likeness (QED) is 0.875. The zero-order valence-electron chi connectivity index (χ0n) is 12.5. The topological polar surface area (TPSA) is 64.6 Å². The van der Waals surface area contributed by atoms with Crippen molar-refractivity contribution in [3.8, 4) is 11.5 Å². The normalized spacial score (nSPS) is 11.3. The predicted molar refractivity (Wildman–Crippen MR) is 79.9 cm³/mol. The molecule has 0 aliphatic carbocycles. The van der Waals surface area contributed by atoms with Gasteiger partial charge >= 0.3 is 0 Å². The van der Waals surface area contributed by atoms with E-state index in [1.54, 1.807) is 6.07 Å². The molecule has 124 valence electrons. The molecule has 0 saturated carbocycles. The van der Waals surface area contributed by atoms with Crippen molar-refractivity contribution in [1.29, 1.82) is 0 Å². The molecular weight excluding hydrogens is 328 g/mol. The monoisotopic (exact) mass is 343 g/mol. The van der Waals surface area contributed by atoms with Gasteiger partial charge in [-0.3, -0.25) is 0 Å². The second kappa shape index (κ2) is 6.93. The molecule has 0 heterocycles. The lowest BCUT2D eigenvalue weighted by molar-refractivity contribution is 0.350. The van der Waals surface area contributed by atoms with Gasteiger partial charge in [0.25, 0.3) is 0 Å². The van der Waals surface area contributed by atoms with Crippen LogP contribution in [-0.4, -0.2) is 22.6 Å². The number of sulfonamides is 1. The molecule has 0 radical (unpaired) electrons. The molecule has 0 aliphatic heterocycles. The Bertz CT molecular complexity index is 809. The van der Waals surface area contributed by atoms with Crippen LogP contribution in [0.2, 0.25) is 0 Å². The van der Waals surface area contributed by atoms with Gasteiger partial charge in [-0.15, -0.1) is 0 Å². The lowest BCUT2D eigenvalue weighted by Gasteiger charge is -2.12. The SMILES string of the molecule is COc1cc(F)c(S(=O)(=O)NCc2ccccc2F)cc1OC. The van der Waals surface area contributed by atoms with Crippen molar-refractivity contribution in [2.24, 2.45) is 0 Å². The largest absolute Gasteiger partial charge is 0.493 e. The Hall–Kier alpha value is -2.19. The fraction of sp³-hybridized carbons (Fsp3) is 0.200. The number of halogens is 2. The van der Waals surface area contributed by atoms with Gasteiger partial charge < -0.3 is 9.47 Å². The summed E-state index contributed by atoms with van der Waals surface area (Å²) in [6, 6.07) is 7.63. The van der Waals surface area contributed by atoms with Gasteiger partial charge in [0, 0.05) is 24.2 Å². The third-order valence-electron chi connectivity index (χ3n) is 3.14. The summed E-state index contributed by atoms with van der Waals surface area (Å²) in [5, 5.41) is 0. The van der Waals surface area contributed by atoms with Gasteiger partial charge in [0.15, 0.2) is 11.5 Å². The predicted octanol–water partition coefficient (Wildman–Crippen LogP) is 2.46. The summed E-state index contributed by atoms with van der Waals surface area (Å²) in [4.78, 5) is -0.605. The highest BCUT2D eigenvalue weighted by atomic mass is 32.2. The third kappa shape index (κ3) is 3.77. The summed E-state index contributed by atoms with van der Waals surface area (Å²) in [6.45, 7) is -0.303. The first-order valence-corrected chi connectivity index (χ1v) is 8.02. The Kier molecular flexibility index (Phi) is 5.17. The number of ether oxygens (including phenoxy) is 2. The zero-order valence-corrected chi connectivity index (χ0v) is 13.3. The minimum Gasteiger partial charge on any atom is -0.493 e. The van der Waals surface area contributed by atoms with Crippen LogP contribution in [0.25, 0.3) is 0 Å². The van der Waals surface area contributed by atoms with Crippen molar-refractivity contribution < 1.29 is 26.7 Å². The molecule has 2 rings (SSSR count). The maximum Gasteiger partial charge on any atom is 0.243 e. The van der Waals surface area contributed by atoms with Crippen LogP contribution in [0.5, 0.6) is 11.5 Å². The lowest BCUT2D eigenvalue weighted by Crippen LogP contribution is -2.24. The number of methoxy groups -OCH3 is 2. The minimum atomic E-state index is -4.19. The molecule has 1 N–H and O–H groups in total. The van der Waals surface area contributed by atoms with Crippen LogP contribution in [0.15, 0.2) is 41.3 Å². The van der Waals surface area contributed by atoms with E-state index in [9.17, 15) is 17.2 Å². The molecule has 0 bridgehead atoms. The van der Waals surface area contributed by atoms with Gasteiger partial charge in [0.1, 0.15) is 16.5 Å². The van der Waals surface area contributed by atoms with E-state index in [1.165, 1.54) is 32.4 Å². The van der Waals surface area contributed by atoms with E-state index in [-0.39, 0.29) is 23.6 Å². The standard InChI is InChI=1S/C15H15F2NO4S/c1-21-13-7-12(17)15(8-14(13)22-2)23(19,20)18-9-10-5-3-4-6-11(10)16/h3-8,18H,9H2,1-2H3. The number of rotatable bonds is 6. The summed E-state index contributed by atoms with van der Waals surface area (Å²) in [7, 11) is -1.58. The Balaban J connectivity index is 2.31. The van der Waals surface area contributed by atoms with Crippen molar-refractivity contribution in [3.63, 3.8) is 0 Å². The molecule has 2 aromatic rings. The first kappa shape index (κ1) is 17.2. The molecule has 0 spiro atoms. The highest BCUT2D eigenvalue weighted by molar-refractivity contribution is 7.89. The molecule has 5 nitrogen and oxygen atoms in total. The Morgan fingerprint density at radius 1 is 1.00 bits per heavy atom. The van der Waals surface area contributed by atoms with E-state index >= 15 is 0 Å². The Morgan fingerprint density at radius 2 is 1.61 bits per heavy atom. The first-order chi connectivity index (χ1) is 10.9.